The molecule has 4 heteroatoms. The third kappa shape index (κ3) is 2.18. The number of hydrogen-bond donors (Lipinski definition) is 1. The zero-order valence-electron chi connectivity index (χ0n) is 7.08. The van der Waals surface area contributed by atoms with Crippen LogP contribution < -0.4 is 4.74 Å². The van der Waals surface area contributed by atoms with Crippen LogP contribution in [0.25, 0.3) is 0 Å². The maximum absolute atomic E-state index is 13.2. The lowest BCUT2D eigenvalue weighted by molar-refractivity contribution is -0.136. The molecule has 0 aliphatic heterocycles. The summed E-state index contributed by atoms with van der Waals surface area (Å²) in [5.74, 6) is -1.60. The molecular weight excluding hydrogens is 175 g/mol. The molecule has 0 saturated carbocycles. The van der Waals surface area contributed by atoms with Gasteiger partial charge in [-0.3, -0.25) is 4.79 Å². The summed E-state index contributed by atoms with van der Waals surface area (Å²) in [7, 11) is 1.34. The van der Waals surface area contributed by atoms with Crippen LogP contribution >= 0.6 is 0 Å². The van der Waals surface area contributed by atoms with Crippen LogP contribution in [-0.2, 0) is 11.2 Å². The van der Waals surface area contributed by atoms with Crippen LogP contribution in [0.1, 0.15) is 5.56 Å². The van der Waals surface area contributed by atoms with Gasteiger partial charge in [0.25, 0.3) is 0 Å². The number of benzene rings is 1. The van der Waals surface area contributed by atoms with Crippen LogP contribution in [-0.4, -0.2) is 18.2 Å². The maximum Gasteiger partial charge on any atom is 0.307 e. The Bertz CT molecular complexity index is 323. The number of carbonyl (C=O) groups is 1. The van der Waals surface area contributed by atoms with Gasteiger partial charge in [-0.2, -0.15) is 0 Å². The Morgan fingerprint density at radius 1 is 1.62 bits per heavy atom. The summed E-state index contributed by atoms with van der Waals surface area (Å²) >= 11 is 0. The highest BCUT2D eigenvalue weighted by Gasteiger charge is 2.10. The van der Waals surface area contributed by atoms with Crippen LogP contribution in [0.15, 0.2) is 18.2 Å². The maximum atomic E-state index is 13.2. The molecule has 1 N–H and O–H groups in total. The van der Waals surface area contributed by atoms with E-state index in [-0.39, 0.29) is 17.7 Å². The first kappa shape index (κ1) is 9.51. The second kappa shape index (κ2) is 3.89. The zero-order chi connectivity index (χ0) is 9.84. The van der Waals surface area contributed by atoms with Crippen molar-refractivity contribution in [2.75, 3.05) is 7.11 Å². The molecule has 0 fully saturated rings. The van der Waals surface area contributed by atoms with Crippen molar-refractivity contribution in [1.29, 1.82) is 0 Å². The summed E-state index contributed by atoms with van der Waals surface area (Å²) in [4.78, 5) is 10.3. The first-order valence-corrected chi connectivity index (χ1v) is 3.68. The molecule has 70 valence electrons. The van der Waals surface area contributed by atoms with Crippen LogP contribution in [0.5, 0.6) is 5.75 Å². The SMILES string of the molecule is COc1cccc(CC(=O)O)c1F. The molecule has 1 rings (SSSR count). The topological polar surface area (TPSA) is 46.5 Å². The highest BCUT2D eigenvalue weighted by Crippen LogP contribution is 2.19. The minimum Gasteiger partial charge on any atom is -0.494 e. The molecule has 0 heterocycles. The quantitative estimate of drug-likeness (QED) is 0.773. The van der Waals surface area contributed by atoms with E-state index in [9.17, 15) is 9.18 Å². The lowest BCUT2D eigenvalue weighted by atomic mass is 10.1. The van der Waals surface area contributed by atoms with Crippen molar-refractivity contribution < 1.29 is 19.0 Å². The smallest absolute Gasteiger partial charge is 0.307 e. The van der Waals surface area contributed by atoms with E-state index in [0.717, 1.165) is 0 Å². The van der Waals surface area contributed by atoms with Gasteiger partial charge in [0.15, 0.2) is 11.6 Å². The van der Waals surface area contributed by atoms with E-state index in [1.54, 1.807) is 6.07 Å². The first-order valence-electron chi connectivity index (χ1n) is 3.68. The average Bonchev–Trinajstić information content (AvgIpc) is 2.08. The zero-order valence-corrected chi connectivity index (χ0v) is 7.08. The van der Waals surface area contributed by atoms with E-state index in [1.807, 2.05) is 0 Å². The number of hydrogen-bond acceptors (Lipinski definition) is 2. The number of carboxylic acid groups (broad SMARTS) is 1. The standard InChI is InChI=1S/C9H9FO3/c1-13-7-4-2-3-6(9(7)10)5-8(11)12/h2-4H,5H2,1H3,(H,11,12). The molecule has 1 aromatic carbocycles. The molecule has 0 saturated heterocycles. The minimum atomic E-state index is -1.06. The van der Waals surface area contributed by atoms with Gasteiger partial charge in [0, 0.05) is 5.56 Å². The van der Waals surface area contributed by atoms with Crippen molar-refractivity contribution >= 4 is 5.97 Å². The molecule has 3 nitrogen and oxygen atoms in total. The van der Waals surface area contributed by atoms with Crippen LogP contribution in [0, 0.1) is 5.82 Å². The fourth-order valence-corrected chi connectivity index (χ4v) is 1.01. The van der Waals surface area contributed by atoms with Crippen molar-refractivity contribution in [3.05, 3.63) is 29.6 Å². The van der Waals surface area contributed by atoms with E-state index in [2.05, 4.69) is 0 Å². The summed E-state index contributed by atoms with van der Waals surface area (Å²) in [6.07, 6.45) is -0.330. The van der Waals surface area contributed by atoms with Crippen molar-refractivity contribution in [1.82, 2.24) is 0 Å². The molecular formula is C9H9FO3. The number of carboxylic acids is 1. The van der Waals surface area contributed by atoms with Gasteiger partial charge in [-0.05, 0) is 6.07 Å². The van der Waals surface area contributed by atoms with Gasteiger partial charge in [0.1, 0.15) is 0 Å². The highest BCUT2D eigenvalue weighted by atomic mass is 19.1. The van der Waals surface area contributed by atoms with Gasteiger partial charge in [0.05, 0.1) is 13.5 Å². The second-order valence-corrected chi connectivity index (χ2v) is 2.50. The molecule has 0 aromatic heterocycles. The van der Waals surface area contributed by atoms with E-state index < -0.39 is 11.8 Å². The third-order valence-corrected chi connectivity index (χ3v) is 1.60. The summed E-state index contributed by atoms with van der Waals surface area (Å²) < 4.78 is 17.9. The van der Waals surface area contributed by atoms with Crippen LogP contribution in [0.2, 0.25) is 0 Å². The summed E-state index contributed by atoms with van der Waals surface area (Å²) in [5.41, 5.74) is 0.131. The molecule has 0 unspecified atom stereocenters. The van der Waals surface area contributed by atoms with Gasteiger partial charge in [-0.15, -0.1) is 0 Å². The number of halogens is 1. The molecule has 0 bridgehead atoms. The Kier molecular flexibility index (Phi) is 2.84. The Morgan fingerprint density at radius 2 is 2.31 bits per heavy atom. The van der Waals surface area contributed by atoms with Gasteiger partial charge in [-0.1, -0.05) is 12.1 Å². The van der Waals surface area contributed by atoms with Gasteiger partial charge in [-0.25, -0.2) is 4.39 Å². The Hall–Kier alpha value is -1.58. The highest BCUT2D eigenvalue weighted by molar-refractivity contribution is 5.70. The van der Waals surface area contributed by atoms with Crippen molar-refractivity contribution in [2.45, 2.75) is 6.42 Å². The lowest BCUT2D eigenvalue weighted by Gasteiger charge is -2.04. The van der Waals surface area contributed by atoms with Gasteiger partial charge < -0.3 is 9.84 Å². The Labute approximate surface area is 74.8 Å². The van der Waals surface area contributed by atoms with E-state index >= 15 is 0 Å². The monoisotopic (exact) mass is 184 g/mol. The molecule has 0 atom stereocenters. The molecule has 0 amide bonds. The number of rotatable bonds is 3. The summed E-state index contributed by atoms with van der Waals surface area (Å²) in [5, 5.41) is 8.45. The fraction of sp³-hybridized carbons (Fsp3) is 0.222. The Morgan fingerprint density at radius 3 is 2.85 bits per heavy atom. The van der Waals surface area contributed by atoms with Gasteiger partial charge in [0.2, 0.25) is 0 Å². The van der Waals surface area contributed by atoms with Crippen LogP contribution in [0.3, 0.4) is 0 Å². The number of methoxy groups -OCH3 is 1. The van der Waals surface area contributed by atoms with Crippen molar-refractivity contribution in [2.24, 2.45) is 0 Å². The molecule has 0 radical (unpaired) electrons. The molecule has 1 aromatic rings. The Balaban J connectivity index is 3.01. The predicted octanol–water partition coefficient (Wildman–Crippen LogP) is 1.46. The minimum absolute atomic E-state index is 0.0683. The van der Waals surface area contributed by atoms with Crippen molar-refractivity contribution in [3.8, 4) is 5.75 Å². The van der Waals surface area contributed by atoms with Gasteiger partial charge >= 0.3 is 5.97 Å². The second-order valence-electron chi connectivity index (χ2n) is 2.50. The van der Waals surface area contributed by atoms with Crippen LogP contribution in [0.4, 0.5) is 4.39 Å². The first-order chi connectivity index (χ1) is 6.15. The van der Waals surface area contributed by atoms with E-state index in [4.69, 9.17) is 9.84 Å². The largest absolute Gasteiger partial charge is 0.494 e. The number of ether oxygens (including phenoxy) is 1. The molecule has 13 heavy (non-hydrogen) atoms. The summed E-state index contributed by atoms with van der Waals surface area (Å²) in [6.45, 7) is 0. The molecule has 0 spiro atoms. The van der Waals surface area contributed by atoms with Crippen molar-refractivity contribution in [3.63, 3.8) is 0 Å². The third-order valence-electron chi connectivity index (χ3n) is 1.60. The number of aliphatic carboxylic acids is 1. The normalized spacial score (nSPS) is 9.69. The predicted molar refractivity (Wildman–Crippen MR) is 44.3 cm³/mol. The fourth-order valence-electron chi connectivity index (χ4n) is 1.01. The summed E-state index contributed by atoms with van der Waals surface area (Å²) in [6, 6.07) is 4.42. The molecule has 0 aliphatic carbocycles. The van der Waals surface area contributed by atoms with E-state index in [0.29, 0.717) is 0 Å². The average molecular weight is 184 g/mol. The lowest BCUT2D eigenvalue weighted by Crippen LogP contribution is -2.03. The van der Waals surface area contributed by atoms with E-state index in [1.165, 1.54) is 19.2 Å². The molecule has 0 aliphatic rings.